The predicted molar refractivity (Wildman–Crippen MR) is 104 cm³/mol. The minimum atomic E-state index is -0.669. The van der Waals surface area contributed by atoms with Gasteiger partial charge in [0.1, 0.15) is 0 Å². The summed E-state index contributed by atoms with van der Waals surface area (Å²) in [7, 11) is 0. The van der Waals surface area contributed by atoms with Crippen molar-refractivity contribution in [1.29, 1.82) is 0 Å². The molecule has 1 atom stereocenters. The number of amides is 1. The maximum absolute atomic E-state index is 12.0. The number of fused-ring (bicyclic) bond motifs is 1. The molecule has 1 fully saturated rings. The van der Waals surface area contributed by atoms with E-state index in [2.05, 4.69) is 27.0 Å². The maximum atomic E-state index is 12.0. The Morgan fingerprint density at radius 2 is 2.04 bits per heavy atom. The molecule has 1 heterocycles. The number of hydrogen-bond acceptors (Lipinski definition) is 3. The molecule has 2 aliphatic rings. The van der Waals surface area contributed by atoms with Crippen molar-refractivity contribution in [3.05, 3.63) is 29.8 Å². The maximum Gasteiger partial charge on any atom is 0.225 e. The van der Waals surface area contributed by atoms with Crippen LogP contribution in [0, 0.1) is 0 Å². The van der Waals surface area contributed by atoms with Crippen LogP contribution in [0.1, 0.15) is 56.9 Å². The van der Waals surface area contributed by atoms with Gasteiger partial charge in [-0.15, -0.1) is 0 Å². The lowest BCUT2D eigenvalue weighted by molar-refractivity contribution is -0.116. The fourth-order valence-electron chi connectivity index (χ4n) is 3.84. The van der Waals surface area contributed by atoms with Gasteiger partial charge < -0.3 is 21.1 Å². The molecule has 0 aromatic heterocycles. The average Bonchev–Trinajstić information content (AvgIpc) is 2.64. The number of hydrogen-bond donors (Lipinski definition) is 4. The van der Waals surface area contributed by atoms with Gasteiger partial charge >= 0.3 is 0 Å². The average molecular weight is 358 g/mol. The molecule has 3 rings (SSSR count). The molecule has 1 aromatic rings. The van der Waals surface area contributed by atoms with Crippen molar-refractivity contribution >= 4 is 17.6 Å². The van der Waals surface area contributed by atoms with Crippen LogP contribution in [0.4, 0.5) is 5.69 Å². The number of rotatable bonds is 5. The molecule has 1 aliphatic carbocycles. The molecule has 1 saturated carbocycles. The number of benzene rings is 1. The van der Waals surface area contributed by atoms with E-state index in [1.54, 1.807) is 0 Å². The quantitative estimate of drug-likeness (QED) is 0.481. The van der Waals surface area contributed by atoms with Gasteiger partial charge in [-0.1, -0.05) is 37.5 Å². The number of aliphatic hydroxyl groups is 1. The second-order valence-corrected chi connectivity index (χ2v) is 7.40. The summed E-state index contributed by atoms with van der Waals surface area (Å²) in [5.41, 5.74) is 1.38. The van der Waals surface area contributed by atoms with Crippen LogP contribution >= 0.6 is 0 Å². The van der Waals surface area contributed by atoms with E-state index in [4.69, 9.17) is 0 Å². The molecule has 1 aliphatic heterocycles. The zero-order chi connectivity index (χ0) is 18.4. The standard InChI is InChI=1S/C20H30N4O2/c1-2-21-19(23-14-20(26)10-6-3-7-11-20)22-13-15-12-18(25)24-17-9-5-4-8-16(15)17/h4-5,8-9,15,26H,2-3,6-7,10-14H2,1H3,(H,24,25)(H2,21,22,23). The van der Waals surface area contributed by atoms with Crippen molar-refractivity contribution in [2.24, 2.45) is 4.99 Å². The number of aliphatic imine (C=N–C) groups is 1. The summed E-state index contributed by atoms with van der Waals surface area (Å²) >= 11 is 0. The number of carbonyl (C=O) groups excluding carboxylic acids is 1. The molecule has 0 saturated heterocycles. The van der Waals surface area contributed by atoms with E-state index < -0.39 is 5.60 Å². The van der Waals surface area contributed by atoms with Gasteiger partial charge in [-0.3, -0.25) is 9.79 Å². The second-order valence-electron chi connectivity index (χ2n) is 7.40. The van der Waals surface area contributed by atoms with Gasteiger partial charge in [-0.2, -0.15) is 0 Å². The van der Waals surface area contributed by atoms with Gasteiger partial charge in [0.2, 0.25) is 5.91 Å². The van der Waals surface area contributed by atoms with Crippen molar-refractivity contribution < 1.29 is 9.90 Å². The predicted octanol–water partition coefficient (Wildman–Crippen LogP) is 2.36. The van der Waals surface area contributed by atoms with E-state index in [1.165, 1.54) is 6.42 Å². The van der Waals surface area contributed by atoms with Crippen molar-refractivity contribution in [3.8, 4) is 0 Å². The van der Waals surface area contributed by atoms with Gasteiger partial charge in [0.25, 0.3) is 0 Å². The number of nitrogens with one attached hydrogen (secondary N) is 3. The molecule has 1 amide bonds. The molecule has 0 bridgehead atoms. The van der Waals surface area contributed by atoms with Crippen LogP contribution in [0.3, 0.4) is 0 Å². The largest absolute Gasteiger partial charge is 0.388 e. The minimum absolute atomic E-state index is 0.0500. The molecule has 26 heavy (non-hydrogen) atoms. The van der Waals surface area contributed by atoms with E-state index in [0.29, 0.717) is 25.5 Å². The lowest BCUT2D eigenvalue weighted by Crippen LogP contribution is -2.42. The van der Waals surface area contributed by atoms with Crippen molar-refractivity contribution in [1.82, 2.24) is 10.6 Å². The molecule has 6 heteroatoms. The van der Waals surface area contributed by atoms with Crippen LogP contribution < -0.4 is 16.0 Å². The monoisotopic (exact) mass is 358 g/mol. The van der Waals surface area contributed by atoms with E-state index in [-0.39, 0.29) is 11.8 Å². The number of carbonyl (C=O) groups is 1. The van der Waals surface area contributed by atoms with E-state index in [0.717, 1.165) is 43.5 Å². The number of para-hydroxylation sites is 1. The smallest absolute Gasteiger partial charge is 0.225 e. The summed E-state index contributed by atoms with van der Waals surface area (Å²) < 4.78 is 0. The van der Waals surface area contributed by atoms with Crippen molar-refractivity contribution in [2.75, 3.05) is 25.0 Å². The molecule has 1 aromatic carbocycles. The van der Waals surface area contributed by atoms with E-state index >= 15 is 0 Å². The molecule has 1 unspecified atom stereocenters. The highest BCUT2D eigenvalue weighted by atomic mass is 16.3. The summed E-state index contributed by atoms with van der Waals surface area (Å²) in [6.07, 6.45) is 5.47. The van der Waals surface area contributed by atoms with Crippen LogP contribution in [0.5, 0.6) is 0 Å². The van der Waals surface area contributed by atoms with Crippen LogP contribution in [-0.2, 0) is 4.79 Å². The lowest BCUT2D eigenvalue weighted by Gasteiger charge is -2.31. The van der Waals surface area contributed by atoms with Gasteiger partial charge in [0, 0.05) is 31.1 Å². The Balaban J connectivity index is 1.63. The Hall–Kier alpha value is -2.08. The molecule has 0 radical (unpaired) electrons. The van der Waals surface area contributed by atoms with Crippen LogP contribution in [-0.4, -0.2) is 42.2 Å². The summed E-state index contributed by atoms with van der Waals surface area (Å²) in [5, 5.41) is 20.2. The van der Waals surface area contributed by atoms with E-state index in [1.807, 2.05) is 25.1 Å². The number of guanidine groups is 1. The Morgan fingerprint density at radius 1 is 1.27 bits per heavy atom. The summed E-state index contributed by atoms with van der Waals surface area (Å²) in [4.78, 5) is 16.6. The van der Waals surface area contributed by atoms with Crippen molar-refractivity contribution in [2.45, 2.75) is 57.0 Å². The Kier molecular flexibility index (Phi) is 6.14. The molecular weight excluding hydrogens is 328 g/mol. The molecule has 6 nitrogen and oxygen atoms in total. The zero-order valence-corrected chi connectivity index (χ0v) is 15.6. The van der Waals surface area contributed by atoms with Crippen LogP contribution in [0.25, 0.3) is 0 Å². The Bertz CT molecular complexity index is 653. The first kappa shape index (κ1) is 18.7. The van der Waals surface area contributed by atoms with Gasteiger partial charge in [0.05, 0.1) is 12.1 Å². The third-order valence-electron chi connectivity index (χ3n) is 5.28. The minimum Gasteiger partial charge on any atom is -0.388 e. The fourth-order valence-corrected chi connectivity index (χ4v) is 3.84. The zero-order valence-electron chi connectivity index (χ0n) is 15.6. The third-order valence-corrected chi connectivity index (χ3v) is 5.28. The highest BCUT2D eigenvalue weighted by Crippen LogP contribution is 2.31. The summed E-state index contributed by atoms with van der Waals surface area (Å²) in [6.45, 7) is 3.83. The highest BCUT2D eigenvalue weighted by molar-refractivity contribution is 5.94. The van der Waals surface area contributed by atoms with Gasteiger partial charge in [-0.05, 0) is 31.4 Å². The summed E-state index contributed by atoms with van der Waals surface area (Å²) in [5.74, 6) is 0.866. The first-order valence-electron chi connectivity index (χ1n) is 9.73. The normalized spacial score (nSPS) is 22.3. The van der Waals surface area contributed by atoms with E-state index in [9.17, 15) is 9.90 Å². The van der Waals surface area contributed by atoms with Gasteiger partial charge in [-0.25, -0.2) is 0 Å². The fraction of sp³-hybridized carbons (Fsp3) is 0.600. The Morgan fingerprint density at radius 3 is 2.81 bits per heavy atom. The van der Waals surface area contributed by atoms with Crippen LogP contribution in [0.15, 0.2) is 29.3 Å². The number of anilines is 1. The highest BCUT2D eigenvalue weighted by Gasteiger charge is 2.29. The SMILES string of the molecule is CCNC(=NCC1(O)CCCCC1)NCC1CC(=O)Nc2ccccc21. The number of nitrogens with zero attached hydrogens (tertiary/aromatic N) is 1. The molecule has 4 N–H and O–H groups in total. The molecule has 142 valence electrons. The van der Waals surface area contributed by atoms with Crippen LogP contribution in [0.2, 0.25) is 0 Å². The Labute approximate surface area is 155 Å². The first-order chi connectivity index (χ1) is 12.6. The topological polar surface area (TPSA) is 85.8 Å². The summed E-state index contributed by atoms with van der Waals surface area (Å²) in [6, 6.07) is 7.94. The second kappa shape index (κ2) is 8.54. The third kappa shape index (κ3) is 4.75. The molecular formula is C20H30N4O2. The molecule has 0 spiro atoms. The lowest BCUT2D eigenvalue weighted by atomic mass is 9.85. The first-order valence-corrected chi connectivity index (χ1v) is 9.73. The van der Waals surface area contributed by atoms with Crippen molar-refractivity contribution in [3.63, 3.8) is 0 Å². The van der Waals surface area contributed by atoms with Gasteiger partial charge in [0.15, 0.2) is 5.96 Å².